The molecule has 0 saturated carbocycles. The fourth-order valence-corrected chi connectivity index (χ4v) is 4.62. The SMILES string of the molecule is CSc1ccc(CNS(=O)(=O)c2c(C)[nH]c(C)c2-c2nnc(C)o2)cc1. The first-order chi connectivity index (χ1) is 12.3. The Morgan fingerprint density at radius 3 is 2.38 bits per heavy atom. The van der Waals surface area contributed by atoms with Gasteiger partial charge in [-0.05, 0) is 37.8 Å². The fourth-order valence-electron chi connectivity index (χ4n) is 2.74. The lowest BCUT2D eigenvalue weighted by Gasteiger charge is -2.09. The molecule has 0 bridgehead atoms. The molecule has 0 spiro atoms. The van der Waals surface area contributed by atoms with E-state index in [1.54, 1.807) is 32.5 Å². The van der Waals surface area contributed by atoms with Crippen molar-refractivity contribution in [1.29, 1.82) is 0 Å². The Morgan fingerprint density at radius 2 is 1.81 bits per heavy atom. The number of sulfonamides is 1. The molecule has 0 fully saturated rings. The van der Waals surface area contributed by atoms with Gasteiger partial charge in [0, 0.05) is 29.8 Å². The van der Waals surface area contributed by atoms with E-state index in [1.165, 1.54) is 0 Å². The lowest BCUT2D eigenvalue weighted by atomic mass is 10.2. The molecule has 0 saturated heterocycles. The second-order valence-electron chi connectivity index (χ2n) is 5.88. The van der Waals surface area contributed by atoms with Crippen molar-refractivity contribution in [1.82, 2.24) is 19.9 Å². The zero-order chi connectivity index (χ0) is 18.9. The second kappa shape index (κ2) is 7.26. The van der Waals surface area contributed by atoms with Crippen molar-refractivity contribution >= 4 is 21.8 Å². The van der Waals surface area contributed by atoms with Crippen molar-refractivity contribution < 1.29 is 12.8 Å². The van der Waals surface area contributed by atoms with E-state index in [9.17, 15) is 8.42 Å². The maximum atomic E-state index is 12.9. The highest BCUT2D eigenvalue weighted by atomic mass is 32.2. The molecule has 0 amide bonds. The number of benzene rings is 1. The molecule has 26 heavy (non-hydrogen) atoms. The standard InChI is InChI=1S/C17H20N4O3S2/c1-10-15(17-21-20-12(3)24-17)16(11(2)19-10)26(22,23)18-9-13-5-7-14(25-4)8-6-13/h5-8,18-19H,9H2,1-4H3. The molecular formula is C17H20N4O3S2. The molecule has 0 unspecified atom stereocenters. The summed E-state index contributed by atoms with van der Waals surface area (Å²) in [4.78, 5) is 4.32. The van der Waals surface area contributed by atoms with Gasteiger partial charge in [-0.25, -0.2) is 13.1 Å². The minimum absolute atomic E-state index is 0.138. The third kappa shape index (κ3) is 3.69. The van der Waals surface area contributed by atoms with Crippen LogP contribution in [0.4, 0.5) is 0 Å². The van der Waals surface area contributed by atoms with Gasteiger partial charge in [-0.2, -0.15) is 0 Å². The number of H-pyrrole nitrogens is 1. The highest BCUT2D eigenvalue weighted by Gasteiger charge is 2.28. The number of aromatic nitrogens is 3. The fraction of sp³-hybridized carbons (Fsp3) is 0.294. The Balaban J connectivity index is 1.91. The van der Waals surface area contributed by atoms with Crippen LogP contribution in [0.25, 0.3) is 11.5 Å². The minimum Gasteiger partial charge on any atom is -0.421 e. The van der Waals surface area contributed by atoms with Crippen LogP contribution in [-0.4, -0.2) is 29.9 Å². The Morgan fingerprint density at radius 1 is 1.12 bits per heavy atom. The molecule has 2 aromatic heterocycles. The van der Waals surface area contributed by atoms with Crippen LogP contribution in [0.5, 0.6) is 0 Å². The molecule has 9 heteroatoms. The van der Waals surface area contributed by atoms with Gasteiger partial charge in [0.05, 0.1) is 5.56 Å². The normalized spacial score (nSPS) is 11.8. The maximum Gasteiger partial charge on any atom is 0.250 e. The summed E-state index contributed by atoms with van der Waals surface area (Å²) in [6.07, 6.45) is 2.00. The molecule has 7 nitrogen and oxygen atoms in total. The third-order valence-corrected chi connectivity index (χ3v) is 6.27. The Hall–Kier alpha value is -2.10. The first-order valence-electron chi connectivity index (χ1n) is 7.94. The van der Waals surface area contributed by atoms with Crippen LogP contribution in [0.1, 0.15) is 22.8 Å². The predicted molar refractivity (Wildman–Crippen MR) is 101 cm³/mol. The van der Waals surface area contributed by atoms with Crippen LogP contribution in [0.15, 0.2) is 38.5 Å². The smallest absolute Gasteiger partial charge is 0.250 e. The van der Waals surface area contributed by atoms with Gasteiger partial charge in [0.15, 0.2) is 0 Å². The van der Waals surface area contributed by atoms with E-state index >= 15 is 0 Å². The second-order valence-corrected chi connectivity index (χ2v) is 8.46. The molecule has 0 radical (unpaired) electrons. The number of hydrogen-bond donors (Lipinski definition) is 2. The largest absolute Gasteiger partial charge is 0.421 e. The van der Waals surface area contributed by atoms with Crippen LogP contribution >= 0.6 is 11.8 Å². The number of nitrogens with zero attached hydrogens (tertiary/aromatic N) is 2. The summed E-state index contributed by atoms with van der Waals surface area (Å²) in [5.41, 5.74) is 2.48. The van der Waals surface area contributed by atoms with E-state index in [2.05, 4.69) is 19.9 Å². The molecular weight excluding hydrogens is 372 g/mol. The van der Waals surface area contributed by atoms with Crippen molar-refractivity contribution in [3.8, 4) is 11.5 Å². The van der Waals surface area contributed by atoms with Gasteiger partial charge in [-0.3, -0.25) is 0 Å². The van der Waals surface area contributed by atoms with Gasteiger partial charge in [-0.15, -0.1) is 22.0 Å². The van der Waals surface area contributed by atoms with Crippen LogP contribution in [0, 0.1) is 20.8 Å². The highest BCUT2D eigenvalue weighted by Crippen LogP contribution is 2.32. The molecule has 3 rings (SSSR count). The quantitative estimate of drug-likeness (QED) is 0.625. The van der Waals surface area contributed by atoms with E-state index in [4.69, 9.17) is 4.42 Å². The van der Waals surface area contributed by atoms with Gasteiger partial charge >= 0.3 is 0 Å². The van der Waals surface area contributed by atoms with Gasteiger partial charge < -0.3 is 9.40 Å². The van der Waals surface area contributed by atoms with Crippen molar-refractivity contribution in [3.05, 3.63) is 47.1 Å². The van der Waals surface area contributed by atoms with Gasteiger partial charge in [-0.1, -0.05) is 12.1 Å². The molecule has 0 aliphatic rings. The van der Waals surface area contributed by atoms with Crippen LogP contribution in [0.2, 0.25) is 0 Å². The zero-order valence-electron chi connectivity index (χ0n) is 15.0. The number of aromatic amines is 1. The van der Waals surface area contributed by atoms with E-state index < -0.39 is 10.0 Å². The van der Waals surface area contributed by atoms with Crippen LogP contribution in [0.3, 0.4) is 0 Å². The minimum atomic E-state index is -3.77. The lowest BCUT2D eigenvalue weighted by molar-refractivity contribution is 0.530. The Bertz CT molecular complexity index is 1020. The number of hydrogen-bond acceptors (Lipinski definition) is 6. The number of aryl methyl sites for hydroxylation is 3. The first-order valence-corrected chi connectivity index (χ1v) is 10.6. The van der Waals surface area contributed by atoms with E-state index in [1.807, 2.05) is 30.5 Å². The number of thioether (sulfide) groups is 1. The van der Waals surface area contributed by atoms with Gasteiger partial charge in [0.25, 0.3) is 5.89 Å². The summed E-state index contributed by atoms with van der Waals surface area (Å²) in [5.74, 6) is 0.567. The average molecular weight is 393 g/mol. The predicted octanol–water partition coefficient (Wildman–Crippen LogP) is 3.19. The highest BCUT2D eigenvalue weighted by molar-refractivity contribution is 7.98. The molecule has 0 aliphatic carbocycles. The summed E-state index contributed by atoms with van der Waals surface area (Å²) < 4.78 is 34.0. The lowest BCUT2D eigenvalue weighted by Crippen LogP contribution is -2.24. The summed E-state index contributed by atoms with van der Waals surface area (Å²) in [7, 11) is -3.77. The third-order valence-electron chi connectivity index (χ3n) is 3.95. The zero-order valence-corrected chi connectivity index (χ0v) is 16.6. The number of rotatable bonds is 6. The molecule has 0 aliphatic heterocycles. The molecule has 1 aromatic carbocycles. The van der Waals surface area contributed by atoms with Gasteiger partial charge in [0.2, 0.25) is 15.9 Å². The topological polar surface area (TPSA) is 101 Å². The first kappa shape index (κ1) is 18.7. The monoisotopic (exact) mass is 392 g/mol. The molecule has 2 heterocycles. The summed E-state index contributed by atoms with van der Waals surface area (Å²) >= 11 is 1.64. The van der Waals surface area contributed by atoms with E-state index in [0.29, 0.717) is 22.8 Å². The molecule has 0 atom stereocenters. The van der Waals surface area contributed by atoms with E-state index in [-0.39, 0.29) is 17.3 Å². The van der Waals surface area contributed by atoms with E-state index in [0.717, 1.165) is 10.5 Å². The Kier molecular flexibility index (Phi) is 5.22. The number of nitrogens with one attached hydrogen (secondary N) is 2. The van der Waals surface area contributed by atoms with Crippen molar-refractivity contribution in [2.75, 3.05) is 6.26 Å². The summed E-state index contributed by atoms with van der Waals surface area (Å²) in [6.45, 7) is 5.35. The summed E-state index contributed by atoms with van der Waals surface area (Å²) in [5, 5.41) is 7.77. The van der Waals surface area contributed by atoms with Crippen molar-refractivity contribution in [2.24, 2.45) is 0 Å². The van der Waals surface area contributed by atoms with Crippen molar-refractivity contribution in [2.45, 2.75) is 37.1 Å². The average Bonchev–Trinajstić information content (AvgIpc) is 3.16. The Labute approximate surface area is 156 Å². The molecule has 138 valence electrons. The molecule has 3 aromatic rings. The van der Waals surface area contributed by atoms with Crippen LogP contribution in [-0.2, 0) is 16.6 Å². The van der Waals surface area contributed by atoms with Gasteiger partial charge in [0.1, 0.15) is 4.90 Å². The van der Waals surface area contributed by atoms with Crippen LogP contribution < -0.4 is 4.72 Å². The maximum absolute atomic E-state index is 12.9. The summed E-state index contributed by atoms with van der Waals surface area (Å²) in [6, 6.07) is 7.75. The molecule has 2 N–H and O–H groups in total. The van der Waals surface area contributed by atoms with Crippen molar-refractivity contribution in [3.63, 3.8) is 0 Å².